The highest BCUT2D eigenvalue weighted by atomic mass is 35.5. The van der Waals surface area contributed by atoms with E-state index in [-0.39, 0.29) is 10.6 Å². The van der Waals surface area contributed by atoms with Crippen LogP contribution in [0.3, 0.4) is 0 Å². The summed E-state index contributed by atoms with van der Waals surface area (Å²) >= 11 is 31.3. The molecule has 2 amide bonds. The summed E-state index contributed by atoms with van der Waals surface area (Å²) in [6, 6.07) is 14.7. The lowest BCUT2D eigenvalue weighted by atomic mass is 10.1. The highest BCUT2D eigenvalue weighted by Gasteiger charge is 2.67. The molecule has 1 aliphatic carbocycles. The fourth-order valence-corrected chi connectivity index (χ4v) is 5.57. The summed E-state index contributed by atoms with van der Waals surface area (Å²) < 4.78 is 3.94. The number of nitrogens with one attached hydrogen (secondary N) is 3. The molecule has 3 aromatic carbocycles. The van der Waals surface area contributed by atoms with E-state index in [1.54, 1.807) is 56.6 Å². The molecular weight excluding hydrogens is 568 g/mol. The van der Waals surface area contributed by atoms with E-state index in [2.05, 4.69) is 16.0 Å². The van der Waals surface area contributed by atoms with Gasteiger partial charge in [0, 0.05) is 34.4 Å². The summed E-state index contributed by atoms with van der Waals surface area (Å²) in [5.74, 6) is -1.48. The minimum Gasteiger partial charge on any atom is -0.495 e. The second kappa shape index (κ2) is 10.6. The van der Waals surface area contributed by atoms with Gasteiger partial charge in [-0.2, -0.15) is 0 Å². The summed E-state index contributed by atoms with van der Waals surface area (Å²) in [5.41, 5.74) is 2.43. The Kier molecular flexibility index (Phi) is 7.83. The lowest BCUT2D eigenvalue weighted by Gasteiger charge is -2.13. The number of hydrogen-bond acceptors (Lipinski definition) is 4. The third-order valence-electron chi connectivity index (χ3n) is 5.79. The van der Waals surface area contributed by atoms with Crippen LogP contribution in [0.15, 0.2) is 54.6 Å². The number of hydrogen-bond donors (Lipinski definition) is 3. The zero-order valence-corrected chi connectivity index (χ0v) is 22.7. The topological polar surface area (TPSA) is 79.5 Å². The molecule has 0 radical (unpaired) electrons. The molecule has 2 unspecified atom stereocenters. The van der Waals surface area contributed by atoms with Crippen LogP contribution in [-0.4, -0.2) is 30.3 Å². The Bertz CT molecular complexity index is 1330. The molecule has 0 heterocycles. The molecule has 0 bridgehead atoms. The van der Waals surface area contributed by atoms with Crippen LogP contribution in [0.1, 0.15) is 21.8 Å². The number of alkyl halides is 2. The Morgan fingerprint density at radius 3 is 2.17 bits per heavy atom. The Morgan fingerprint density at radius 2 is 1.53 bits per heavy atom. The largest absolute Gasteiger partial charge is 0.495 e. The van der Waals surface area contributed by atoms with Crippen LogP contribution in [-0.2, 0) is 4.79 Å². The first-order valence-corrected chi connectivity index (χ1v) is 12.6. The van der Waals surface area contributed by atoms with Crippen molar-refractivity contribution in [1.82, 2.24) is 0 Å². The van der Waals surface area contributed by atoms with Crippen molar-refractivity contribution in [3.05, 3.63) is 80.8 Å². The third-order valence-corrected chi connectivity index (χ3v) is 7.49. The van der Waals surface area contributed by atoms with Crippen molar-refractivity contribution in [2.75, 3.05) is 30.1 Å². The second-order valence-corrected chi connectivity index (χ2v) is 10.9. The average Bonchev–Trinajstić information content (AvgIpc) is 3.41. The number of ether oxygens (including phenoxy) is 1. The molecule has 3 aromatic rings. The van der Waals surface area contributed by atoms with Gasteiger partial charge in [-0.1, -0.05) is 34.8 Å². The van der Waals surface area contributed by atoms with Gasteiger partial charge in [0.15, 0.2) is 0 Å². The summed E-state index contributed by atoms with van der Waals surface area (Å²) in [5, 5.41) is 9.61. The van der Waals surface area contributed by atoms with E-state index in [4.69, 9.17) is 62.7 Å². The van der Waals surface area contributed by atoms with E-state index < -0.39 is 28.0 Å². The fourth-order valence-electron chi connectivity index (χ4n) is 4.00. The monoisotopic (exact) mass is 585 g/mol. The predicted molar refractivity (Wildman–Crippen MR) is 148 cm³/mol. The van der Waals surface area contributed by atoms with Gasteiger partial charge >= 0.3 is 0 Å². The first-order chi connectivity index (χ1) is 17.0. The number of methoxy groups -OCH3 is 1. The second-order valence-electron chi connectivity index (χ2n) is 8.14. The van der Waals surface area contributed by atoms with Gasteiger partial charge in [0.05, 0.1) is 29.3 Å². The standard InChI is InChI=1S/C25H20Cl5N3O3/c1-31-19-11-16(4-6-20(19)36-2)32-23(34)17-10-15(3-5-18(17)28)33-24(35)22-21(25(22,29)30)12-7-13(26)9-14(27)8-12/h3-11,21-22,31H,1-2H3,(H,32,34)(H,33,35). The maximum Gasteiger partial charge on any atom is 0.257 e. The number of carbonyl (C=O) groups is 2. The number of benzene rings is 3. The van der Waals surface area contributed by atoms with Crippen molar-refractivity contribution in [3.8, 4) is 5.75 Å². The van der Waals surface area contributed by atoms with E-state index in [9.17, 15) is 9.59 Å². The molecule has 2 atom stereocenters. The maximum absolute atomic E-state index is 13.0. The Labute approximate surface area is 233 Å². The fraction of sp³-hybridized carbons (Fsp3) is 0.200. The van der Waals surface area contributed by atoms with Crippen LogP contribution >= 0.6 is 58.0 Å². The number of rotatable bonds is 7. The van der Waals surface area contributed by atoms with Gasteiger partial charge in [0.25, 0.3) is 5.91 Å². The molecule has 3 N–H and O–H groups in total. The number of amides is 2. The summed E-state index contributed by atoms with van der Waals surface area (Å²) in [7, 11) is 3.30. The van der Waals surface area contributed by atoms with Crippen LogP contribution in [0, 0.1) is 5.92 Å². The number of anilines is 3. The molecule has 6 nitrogen and oxygen atoms in total. The van der Waals surface area contributed by atoms with Crippen molar-refractivity contribution < 1.29 is 14.3 Å². The van der Waals surface area contributed by atoms with Gasteiger partial charge in [0.1, 0.15) is 10.1 Å². The molecule has 4 rings (SSSR count). The molecule has 0 saturated heterocycles. The molecule has 36 heavy (non-hydrogen) atoms. The third kappa shape index (κ3) is 5.48. The van der Waals surface area contributed by atoms with Crippen molar-refractivity contribution in [2.45, 2.75) is 10.3 Å². The molecule has 1 fully saturated rings. The van der Waals surface area contributed by atoms with Gasteiger partial charge in [-0.05, 0) is 60.2 Å². The van der Waals surface area contributed by atoms with Crippen molar-refractivity contribution in [1.29, 1.82) is 0 Å². The van der Waals surface area contributed by atoms with Crippen LogP contribution in [0.25, 0.3) is 0 Å². The summed E-state index contributed by atoms with van der Waals surface area (Å²) in [4.78, 5) is 26.0. The van der Waals surface area contributed by atoms with E-state index >= 15 is 0 Å². The highest BCUT2D eigenvalue weighted by Crippen LogP contribution is 2.65. The zero-order valence-electron chi connectivity index (χ0n) is 19.0. The lowest BCUT2D eigenvalue weighted by molar-refractivity contribution is -0.117. The SMILES string of the molecule is CNc1cc(NC(=O)c2cc(NC(=O)C3C(c4cc(Cl)cc(Cl)c4)C3(Cl)Cl)ccc2Cl)ccc1OC. The minimum atomic E-state index is -1.33. The van der Waals surface area contributed by atoms with E-state index in [1.807, 2.05) is 0 Å². The van der Waals surface area contributed by atoms with E-state index in [0.717, 1.165) is 0 Å². The van der Waals surface area contributed by atoms with Crippen LogP contribution in [0.2, 0.25) is 15.1 Å². The van der Waals surface area contributed by atoms with Crippen molar-refractivity contribution >= 4 is 86.9 Å². The molecule has 0 aliphatic heterocycles. The first-order valence-electron chi connectivity index (χ1n) is 10.7. The zero-order chi connectivity index (χ0) is 26.2. The average molecular weight is 588 g/mol. The maximum atomic E-state index is 13.0. The molecule has 188 valence electrons. The molecule has 1 aliphatic rings. The van der Waals surface area contributed by atoms with Gasteiger partial charge in [-0.25, -0.2) is 0 Å². The van der Waals surface area contributed by atoms with Gasteiger partial charge in [0.2, 0.25) is 5.91 Å². The van der Waals surface area contributed by atoms with Gasteiger partial charge in [-0.3, -0.25) is 9.59 Å². The normalized spacial score (nSPS) is 17.8. The van der Waals surface area contributed by atoms with Crippen molar-refractivity contribution in [3.63, 3.8) is 0 Å². The molecule has 0 aromatic heterocycles. The smallest absolute Gasteiger partial charge is 0.257 e. The van der Waals surface area contributed by atoms with Gasteiger partial charge in [-0.15, -0.1) is 23.2 Å². The Balaban J connectivity index is 1.50. The van der Waals surface area contributed by atoms with Gasteiger partial charge < -0.3 is 20.7 Å². The predicted octanol–water partition coefficient (Wildman–Crippen LogP) is 7.48. The quantitative estimate of drug-likeness (QED) is 0.251. The molecule has 0 spiro atoms. The molecule has 11 heteroatoms. The minimum absolute atomic E-state index is 0.174. The molecule has 1 saturated carbocycles. The Hall–Kier alpha value is -2.35. The summed E-state index contributed by atoms with van der Waals surface area (Å²) in [6.45, 7) is 0. The number of carbonyl (C=O) groups excluding carboxylic acids is 2. The lowest BCUT2D eigenvalue weighted by Crippen LogP contribution is -2.18. The molecular formula is C25H20Cl5N3O3. The number of halogens is 5. The highest BCUT2D eigenvalue weighted by molar-refractivity contribution is 6.53. The van der Waals surface area contributed by atoms with Crippen LogP contribution < -0.4 is 20.7 Å². The van der Waals surface area contributed by atoms with Crippen LogP contribution in [0.5, 0.6) is 5.75 Å². The van der Waals surface area contributed by atoms with Crippen LogP contribution in [0.4, 0.5) is 17.1 Å². The Morgan fingerprint density at radius 1 is 0.889 bits per heavy atom. The summed E-state index contributed by atoms with van der Waals surface area (Å²) in [6.07, 6.45) is 0. The van der Waals surface area contributed by atoms with Crippen molar-refractivity contribution in [2.24, 2.45) is 5.92 Å². The first kappa shape index (κ1) is 26.7. The van der Waals surface area contributed by atoms with E-state index in [1.165, 1.54) is 12.1 Å². The van der Waals surface area contributed by atoms with E-state index in [0.29, 0.717) is 38.4 Å².